The van der Waals surface area contributed by atoms with Crippen molar-refractivity contribution >= 4 is 5.84 Å². The van der Waals surface area contributed by atoms with E-state index in [2.05, 4.69) is 31.7 Å². The van der Waals surface area contributed by atoms with E-state index in [-0.39, 0.29) is 22.5 Å². The van der Waals surface area contributed by atoms with Crippen LogP contribution >= 0.6 is 0 Å². The SMILES string of the molecule is CC(C)(C)N1Cc2ccccc2C1=N.[Br-]. The Morgan fingerprint density at radius 1 is 1.20 bits per heavy atom. The van der Waals surface area contributed by atoms with E-state index in [1.165, 1.54) is 5.56 Å². The average molecular weight is 268 g/mol. The molecular weight excluding hydrogens is 252 g/mol. The third-order valence-corrected chi connectivity index (χ3v) is 2.68. The van der Waals surface area contributed by atoms with Gasteiger partial charge >= 0.3 is 0 Å². The lowest BCUT2D eigenvalue weighted by Crippen LogP contribution is -3.00. The van der Waals surface area contributed by atoms with Crippen LogP contribution in [0.1, 0.15) is 31.9 Å². The van der Waals surface area contributed by atoms with Crippen LogP contribution in [0.15, 0.2) is 24.3 Å². The Kier molecular flexibility index (Phi) is 3.24. The van der Waals surface area contributed by atoms with E-state index in [0.29, 0.717) is 5.84 Å². The molecule has 0 fully saturated rings. The highest BCUT2D eigenvalue weighted by atomic mass is 79.9. The second-order valence-corrected chi connectivity index (χ2v) is 4.76. The van der Waals surface area contributed by atoms with Crippen molar-refractivity contribution in [3.8, 4) is 0 Å². The molecule has 82 valence electrons. The topological polar surface area (TPSA) is 27.1 Å². The Balaban J connectivity index is 0.00000112. The fraction of sp³-hybridized carbons (Fsp3) is 0.417. The van der Waals surface area contributed by atoms with Gasteiger partial charge in [0.05, 0.1) is 0 Å². The van der Waals surface area contributed by atoms with Crippen LogP contribution in [0, 0.1) is 5.41 Å². The third-order valence-electron chi connectivity index (χ3n) is 2.68. The second kappa shape index (κ2) is 3.97. The molecular formula is C12H16BrN2-. The maximum absolute atomic E-state index is 8.07. The molecule has 0 bridgehead atoms. The zero-order valence-electron chi connectivity index (χ0n) is 9.34. The van der Waals surface area contributed by atoms with Crippen molar-refractivity contribution in [3.63, 3.8) is 0 Å². The molecule has 1 aromatic carbocycles. The van der Waals surface area contributed by atoms with Gasteiger partial charge in [0.25, 0.3) is 0 Å². The van der Waals surface area contributed by atoms with Crippen molar-refractivity contribution in [2.45, 2.75) is 32.9 Å². The summed E-state index contributed by atoms with van der Waals surface area (Å²) in [6, 6.07) is 8.18. The first-order valence-electron chi connectivity index (χ1n) is 4.94. The average Bonchev–Trinajstić information content (AvgIpc) is 2.44. The summed E-state index contributed by atoms with van der Waals surface area (Å²) in [6.07, 6.45) is 0. The molecule has 0 saturated heterocycles. The van der Waals surface area contributed by atoms with Crippen LogP contribution in [0.5, 0.6) is 0 Å². The highest BCUT2D eigenvalue weighted by Crippen LogP contribution is 2.28. The van der Waals surface area contributed by atoms with Gasteiger partial charge in [-0.25, -0.2) is 0 Å². The molecule has 1 aliphatic heterocycles. The summed E-state index contributed by atoms with van der Waals surface area (Å²) in [7, 11) is 0. The molecule has 0 amide bonds. The summed E-state index contributed by atoms with van der Waals surface area (Å²) in [6.45, 7) is 7.31. The van der Waals surface area contributed by atoms with Crippen LogP contribution in [0.3, 0.4) is 0 Å². The smallest absolute Gasteiger partial charge is 0.129 e. The standard InChI is InChI=1S/C12H16N2.BrH/c1-12(2,3)14-8-9-6-4-5-7-10(9)11(14)13;/h4-7,13H,8H2,1-3H3;1H/p-1. The largest absolute Gasteiger partial charge is 1.00 e. The van der Waals surface area contributed by atoms with E-state index in [0.717, 1.165) is 12.1 Å². The van der Waals surface area contributed by atoms with Crippen molar-refractivity contribution in [1.29, 1.82) is 5.41 Å². The minimum absolute atomic E-state index is 0. The lowest BCUT2D eigenvalue weighted by atomic mass is 10.1. The number of nitrogens with zero attached hydrogens (tertiary/aromatic N) is 1. The molecule has 0 aliphatic carbocycles. The van der Waals surface area contributed by atoms with Gasteiger partial charge < -0.3 is 21.9 Å². The van der Waals surface area contributed by atoms with Crippen LogP contribution in [-0.2, 0) is 6.54 Å². The molecule has 0 radical (unpaired) electrons. The second-order valence-electron chi connectivity index (χ2n) is 4.76. The number of halogens is 1. The van der Waals surface area contributed by atoms with E-state index >= 15 is 0 Å². The Bertz CT molecular complexity index is 379. The lowest BCUT2D eigenvalue weighted by molar-refractivity contribution is -0.00000418. The van der Waals surface area contributed by atoms with Crippen LogP contribution in [0.2, 0.25) is 0 Å². The number of benzene rings is 1. The maximum atomic E-state index is 8.07. The van der Waals surface area contributed by atoms with E-state index in [4.69, 9.17) is 5.41 Å². The van der Waals surface area contributed by atoms with E-state index in [9.17, 15) is 0 Å². The number of fused-ring (bicyclic) bond motifs is 1. The van der Waals surface area contributed by atoms with Gasteiger partial charge in [-0.2, -0.15) is 0 Å². The fourth-order valence-electron chi connectivity index (χ4n) is 1.86. The van der Waals surface area contributed by atoms with Gasteiger partial charge in [-0.3, -0.25) is 5.41 Å². The molecule has 2 nitrogen and oxygen atoms in total. The summed E-state index contributed by atoms with van der Waals surface area (Å²) < 4.78 is 0. The molecule has 1 N–H and O–H groups in total. The molecule has 0 aromatic heterocycles. The molecule has 1 aliphatic rings. The zero-order valence-corrected chi connectivity index (χ0v) is 10.9. The lowest BCUT2D eigenvalue weighted by Gasteiger charge is -2.33. The third kappa shape index (κ3) is 2.07. The summed E-state index contributed by atoms with van der Waals surface area (Å²) in [5, 5.41) is 8.07. The molecule has 0 spiro atoms. The summed E-state index contributed by atoms with van der Waals surface area (Å²) in [5.41, 5.74) is 2.39. The first kappa shape index (κ1) is 12.2. The van der Waals surface area contributed by atoms with Crippen molar-refractivity contribution in [3.05, 3.63) is 35.4 Å². The molecule has 1 heterocycles. The first-order valence-corrected chi connectivity index (χ1v) is 4.94. The number of hydrogen-bond acceptors (Lipinski definition) is 1. The monoisotopic (exact) mass is 267 g/mol. The van der Waals surface area contributed by atoms with Crippen LogP contribution < -0.4 is 17.0 Å². The molecule has 3 heteroatoms. The quantitative estimate of drug-likeness (QED) is 0.683. The number of nitrogens with one attached hydrogen (secondary N) is 1. The fourth-order valence-corrected chi connectivity index (χ4v) is 1.86. The van der Waals surface area contributed by atoms with Crippen LogP contribution in [0.4, 0.5) is 0 Å². The molecule has 1 aromatic rings. The normalized spacial score (nSPS) is 14.9. The molecule has 0 atom stereocenters. The van der Waals surface area contributed by atoms with Crippen molar-refractivity contribution in [2.24, 2.45) is 0 Å². The minimum atomic E-state index is 0. The number of rotatable bonds is 0. The summed E-state index contributed by atoms with van der Waals surface area (Å²) >= 11 is 0. The predicted octanol–water partition coefficient (Wildman–Crippen LogP) is -0.370. The van der Waals surface area contributed by atoms with Crippen molar-refractivity contribution in [1.82, 2.24) is 4.90 Å². The maximum Gasteiger partial charge on any atom is 0.129 e. The molecule has 0 unspecified atom stereocenters. The van der Waals surface area contributed by atoms with E-state index in [1.54, 1.807) is 0 Å². The van der Waals surface area contributed by atoms with Gasteiger partial charge in [-0.1, -0.05) is 24.3 Å². The number of hydrogen-bond donors (Lipinski definition) is 1. The Labute approximate surface area is 102 Å². The van der Waals surface area contributed by atoms with Gasteiger partial charge in [-0.05, 0) is 26.3 Å². The molecule has 15 heavy (non-hydrogen) atoms. The van der Waals surface area contributed by atoms with E-state index in [1.807, 2.05) is 18.2 Å². The van der Waals surface area contributed by atoms with Crippen molar-refractivity contribution < 1.29 is 17.0 Å². The van der Waals surface area contributed by atoms with E-state index < -0.39 is 0 Å². The van der Waals surface area contributed by atoms with Gasteiger partial charge in [0.15, 0.2) is 0 Å². The zero-order chi connectivity index (χ0) is 10.3. The molecule has 2 rings (SSSR count). The summed E-state index contributed by atoms with van der Waals surface area (Å²) in [4.78, 5) is 2.14. The first-order chi connectivity index (χ1) is 6.50. The van der Waals surface area contributed by atoms with Gasteiger partial charge in [0.2, 0.25) is 0 Å². The highest BCUT2D eigenvalue weighted by Gasteiger charge is 2.31. The minimum Gasteiger partial charge on any atom is -1.00 e. The Morgan fingerprint density at radius 2 is 1.80 bits per heavy atom. The van der Waals surface area contributed by atoms with Gasteiger partial charge in [0, 0.05) is 17.6 Å². The summed E-state index contributed by atoms with van der Waals surface area (Å²) in [5.74, 6) is 0.660. The van der Waals surface area contributed by atoms with Gasteiger partial charge in [-0.15, -0.1) is 0 Å². The molecule has 0 saturated carbocycles. The predicted molar refractivity (Wildman–Crippen MR) is 58.6 cm³/mol. The van der Waals surface area contributed by atoms with Crippen LogP contribution in [0.25, 0.3) is 0 Å². The Morgan fingerprint density at radius 3 is 2.33 bits per heavy atom. The van der Waals surface area contributed by atoms with Crippen LogP contribution in [-0.4, -0.2) is 16.3 Å². The highest BCUT2D eigenvalue weighted by molar-refractivity contribution is 6.00. The Hall–Kier alpha value is -0.830. The van der Waals surface area contributed by atoms with Crippen molar-refractivity contribution in [2.75, 3.05) is 0 Å². The van der Waals surface area contributed by atoms with Gasteiger partial charge in [0.1, 0.15) is 5.84 Å². The number of amidine groups is 1.